The number of amides is 1. The molecule has 5 heteroatoms. The first-order valence-electron chi connectivity index (χ1n) is 6.97. The van der Waals surface area contributed by atoms with Gasteiger partial charge in [0, 0.05) is 25.1 Å². The summed E-state index contributed by atoms with van der Waals surface area (Å²) in [4.78, 5) is 12.1. The van der Waals surface area contributed by atoms with Crippen LogP contribution < -0.4 is 10.6 Å². The molecule has 3 rings (SSSR count). The summed E-state index contributed by atoms with van der Waals surface area (Å²) in [6, 6.07) is 0.365. The summed E-state index contributed by atoms with van der Waals surface area (Å²) >= 11 is 0. The van der Waals surface area contributed by atoms with Crippen molar-refractivity contribution in [3.05, 3.63) is 0 Å². The average molecular weight is 275 g/mol. The molecule has 2 N–H and O–H groups in total. The van der Waals surface area contributed by atoms with Gasteiger partial charge in [-0.1, -0.05) is 0 Å². The van der Waals surface area contributed by atoms with Crippen LogP contribution in [0.1, 0.15) is 32.1 Å². The third-order valence-electron chi connectivity index (χ3n) is 4.54. The van der Waals surface area contributed by atoms with Crippen molar-refractivity contribution in [2.24, 2.45) is 11.8 Å². The highest BCUT2D eigenvalue weighted by molar-refractivity contribution is 5.85. The maximum absolute atomic E-state index is 12.1. The molecule has 2 aliphatic heterocycles. The molecule has 4 unspecified atom stereocenters. The smallest absolute Gasteiger partial charge is 0.224 e. The minimum absolute atomic E-state index is 0. The van der Waals surface area contributed by atoms with Gasteiger partial charge in [-0.3, -0.25) is 4.79 Å². The Balaban J connectivity index is 0.00000120. The Kier molecular flexibility index (Phi) is 4.87. The van der Waals surface area contributed by atoms with Gasteiger partial charge in [0.2, 0.25) is 5.91 Å². The molecule has 0 aromatic rings. The van der Waals surface area contributed by atoms with Gasteiger partial charge >= 0.3 is 0 Å². The number of carbonyl (C=O) groups excluding carboxylic acids is 1. The first-order valence-corrected chi connectivity index (χ1v) is 6.97. The van der Waals surface area contributed by atoms with E-state index in [0.717, 1.165) is 39.0 Å². The minimum Gasteiger partial charge on any atom is -0.378 e. The van der Waals surface area contributed by atoms with E-state index in [9.17, 15) is 4.79 Å². The number of halogens is 1. The Labute approximate surface area is 115 Å². The van der Waals surface area contributed by atoms with Crippen molar-refractivity contribution in [3.8, 4) is 0 Å². The molecule has 0 bridgehead atoms. The molecule has 0 spiro atoms. The number of hydrogen-bond donors (Lipinski definition) is 2. The van der Waals surface area contributed by atoms with Crippen molar-refractivity contribution < 1.29 is 9.53 Å². The number of fused-ring (bicyclic) bond motifs is 1. The second-order valence-electron chi connectivity index (χ2n) is 5.60. The molecule has 3 aliphatic rings. The fourth-order valence-corrected chi connectivity index (χ4v) is 3.53. The lowest BCUT2D eigenvalue weighted by molar-refractivity contribution is -0.126. The maximum Gasteiger partial charge on any atom is 0.224 e. The average Bonchev–Trinajstić information content (AvgIpc) is 3.00. The Bertz CT molecular complexity index is 295. The predicted molar refractivity (Wildman–Crippen MR) is 71.9 cm³/mol. The summed E-state index contributed by atoms with van der Waals surface area (Å²) < 4.78 is 5.73. The van der Waals surface area contributed by atoms with Crippen molar-refractivity contribution in [2.45, 2.75) is 44.2 Å². The van der Waals surface area contributed by atoms with Gasteiger partial charge in [-0.15, -0.1) is 12.4 Å². The minimum atomic E-state index is 0. The number of ether oxygens (including phenoxy) is 1. The Morgan fingerprint density at radius 2 is 2.11 bits per heavy atom. The van der Waals surface area contributed by atoms with E-state index in [1.54, 1.807) is 0 Å². The summed E-state index contributed by atoms with van der Waals surface area (Å²) in [5.41, 5.74) is 0. The van der Waals surface area contributed by atoms with Gasteiger partial charge < -0.3 is 15.4 Å². The first kappa shape index (κ1) is 14.1. The van der Waals surface area contributed by atoms with Crippen LogP contribution in [0, 0.1) is 11.8 Å². The van der Waals surface area contributed by atoms with Crippen molar-refractivity contribution in [1.82, 2.24) is 10.6 Å². The van der Waals surface area contributed by atoms with Gasteiger partial charge in [0.1, 0.15) is 0 Å². The van der Waals surface area contributed by atoms with Crippen LogP contribution in [0.4, 0.5) is 0 Å². The largest absolute Gasteiger partial charge is 0.378 e. The van der Waals surface area contributed by atoms with Crippen LogP contribution in [0.25, 0.3) is 0 Å². The fraction of sp³-hybridized carbons (Fsp3) is 0.923. The van der Waals surface area contributed by atoms with E-state index < -0.39 is 0 Å². The van der Waals surface area contributed by atoms with Crippen molar-refractivity contribution >= 4 is 18.3 Å². The summed E-state index contributed by atoms with van der Waals surface area (Å²) in [6.45, 7) is 2.72. The molecule has 4 nitrogen and oxygen atoms in total. The highest BCUT2D eigenvalue weighted by Gasteiger charge is 2.39. The van der Waals surface area contributed by atoms with E-state index in [1.165, 1.54) is 12.8 Å². The van der Waals surface area contributed by atoms with Crippen LogP contribution >= 0.6 is 12.4 Å². The van der Waals surface area contributed by atoms with Gasteiger partial charge in [0.05, 0.1) is 12.0 Å². The zero-order valence-electron chi connectivity index (χ0n) is 10.7. The fourth-order valence-electron chi connectivity index (χ4n) is 3.53. The molecule has 0 radical (unpaired) electrons. The predicted octanol–water partition coefficient (Wildman–Crippen LogP) is 1.09. The first-order chi connectivity index (χ1) is 8.34. The molecule has 2 saturated heterocycles. The zero-order chi connectivity index (χ0) is 11.7. The topological polar surface area (TPSA) is 50.4 Å². The van der Waals surface area contributed by atoms with Crippen LogP contribution in [0.3, 0.4) is 0 Å². The molecule has 2 heterocycles. The molecule has 104 valence electrons. The molecule has 0 aromatic heterocycles. The van der Waals surface area contributed by atoms with Crippen LogP contribution in [0.15, 0.2) is 0 Å². The Morgan fingerprint density at radius 3 is 2.89 bits per heavy atom. The van der Waals surface area contributed by atoms with Crippen molar-refractivity contribution in [3.63, 3.8) is 0 Å². The van der Waals surface area contributed by atoms with Gasteiger partial charge in [-0.25, -0.2) is 0 Å². The van der Waals surface area contributed by atoms with Crippen LogP contribution in [0.2, 0.25) is 0 Å². The Hall–Kier alpha value is -0.320. The standard InChI is InChI=1S/C13H22N2O2.ClH/c16-13(9-4-6-14-8-9)15-11-2-1-3-12-10(11)5-7-17-12;/h9-12,14H,1-8H2,(H,15,16);1H. The van der Waals surface area contributed by atoms with Crippen molar-refractivity contribution in [1.29, 1.82) is 0 Å². The molecule has 18 heavy (non-hydrogen) atoms. The van der Waals surface area contributed by atoms with Crippen LogP contribution in [-0.2, 0) is 9.53 Å². The molecular weight excluding hydrogens is 252 g/mol. The van der Waals surface area contributed by atoms with E-state index in [-0.39, 0.29) is 24.2 Å². The number of hydrogen-bond acceptors (Lipinski definition) is 3. The highest BCUT2D eigenvalue weighted by atomic mass is 35.5. The second kappa shape index (κ2) is 6.22. The molecule has 1 saturated carbocycles. The quantitative estimate of drug-likeness (QED) is 0.793. The molecule has 1 aliphatic carbocycles. The summed E-state index contributed by atoms with van der Waals surface area (Å²) in [5.74, 6) is 1.02. The third kappa shape index (κ3) is 2.81. The molecule has 0 aromatic carbocycles. The number of carbonyl (C=O) groups is 1. The molecular formula is C13H23ClN2O2. The lowest BCUT2D eigenvalue weighted by atomic mass is 9.81. The number of nitrogens with one attached hydrogen (secondary N) is 2. The summed E-state index contributed by atoms with van der Waals surface area (Å²) in [6.07, 6.45) is 6.03. The van der Waals surface area contributed by atoms with E-state index >= 15 is 0 Å². The van der Waals surface area contributed by atoms with Crippen molar-refractivity contribution in [2.75, 3.05) is 19.7 Å². The third-order valence-corrected chi connectivity index (χ3v) is 4.54. The Morgan fingerprint density at radius 1 is 1.22 bits per heavy atom. The normalized spacial score (nSPS) is 38.9. The van der Waals surface area contributed by atoms with E-state index in [1.807, 2.05) is 0 Å². The summed E-state index contributed by atoms with van der Waals surface area (Å²) in [5, 5.41) is 6.52. The zero-order valence-corrected chi connectivity index (χ0v) is 11.5. The maximum atomic E-state index is 12.1. The lowest BCUT2D eigenvalue weighted by Crippen LogP contribution is -2.47. The lowest BCUT2D eigenvalue weighted by Gasteiger charge is -2.33. The van der Waals surface area contributed by atoms with E-state index in [2.05, 4.69) is 10.6 Å². The van der Waals surface area contributed by atoms with E-state index in [4.69, 9.17) is 4.74 Å². The van der Waals surface area contributed by atoms with Gasteiger partial charge in [-0.2, -0.15) is 0 Å². The van der Waals surface area contributed by atoms with Gasteiger partial charge in [0.15, 0.2) is 0 Å². The molecule has 1 amide bonds. The van der Waals surface area contributed by atoms with Gasteiger partial charge in [0.25, 0.3) is 0 Å². The molecule has 4 atom stereocenters. The molecule has 3 fully saturated rings. The summed E-state index contributed by atoms with van der Waals surface area (Å²) in [7, 11) is 0. The monoisotopic (exact) mass is 274 g/mol. The highest BCUT2D eigenvalue weighted by Crippen LogP contribution is 2.34. The van der Waals surface area contributed by atoms with Gasteiger partial charge in [-0.05, 0) is 38.6 Å². The van der Waals surface area contributed by atoms with Crippen LogP contribution in [-0.4, -0.2) is 37.7 Å². The number of rotatable bonds is 2. The van der Waals surface area contributed by atoms with Crippen LogP contribution in [0.5, 0.6) is 0 Å². The second-order valence-corrected chi connectivity index (χ2v) is 5.60. The van der Waals surface area contributed by atoms with E-state index in [0.29, 0.717) is 18.1 Å². The SMILES string of the molecule is Cl.O=C(NC1CCCC2OCCC12)C1CCNC1.